The SMILES string of the molecule is Cc1ccc(S(=O)(=O)Nc2ccccc2-c2nccc3ccccc23)cc1. The van der Waals surface area contributed by atoms with Crippen molar-refractivity contribution in [1.82, 2.24) is 4.98 Å². The van der Waals surface area contributed by atoms with Crippen molar-refractivity contribution in [3.8, 4) is 11.3 Å². The lowest BCUT2D eigenvalue weighted by molar-refractivity contribution is 0.601. The van der Waals surface area contributed by atoms with Gasteiger partial charge >= 0.3 is 0 Å². The van der Waals surface area contributed by atoms with E-state index >= 15 is 0 Å². The summed E-state index contributed by atoms with van der Waals surface area (Å²) in [7, 11) is -3.69. The first-order chi connectivity index (χ1) is 13.0. The molecule has 0 spiro atoms. The molecule has 134 valence electrons. The van der Waals surface area contributed by atoms with E-state index in [0.717, 1.165) is 27.6 Å². The quantitative estimate of drug-likeness (QED) is 0.546. The number of aromatic nitrogens is 1. The zero-order valence-electron chi connectivity index (χ0n) is 14.8. The highest BCUT2D eigenvalue weighted by atomic mass is 32.2. The number of hydrogen-bond acceptors (Lipinski definition) is 3. The van der Waals surface area contributed by atoms with Gasteiger partial charge in [0.05, 0.1) is 16.3 Å². The number of sulfonamides is 1. The number of anilines is 1. The van der Waals surface area contributed by atoms with E-state index in [4.69, 9.17) is 0 Å². The monoisotopic (exact) mass is 374 g/mol. The van der Waals surface area contributed by atoms with E-state index < -0.39 is 10.0 Å². The molecule has 27 heavy (non-hydrogen) atoms. The summed E-state index contributed by atoms with van der Waals surface area (Å²) in [4.78, 5) is 4.75. The van der Waals surface area contributed by atoms with Gasteiger partial charge < -0.3 is 0 Å². The first-order valence-electron chi connectivity index (χ1n) is 8.57. The molecule has 0 aliphatic rings. The van der Waals surface area contributed by atoms with Crippen molar-refractivity contribution in [3.63, 3.8) is 0 Å². The number of rotatable bonds is 4. The highest BCUT2D eigenvalue weighted by molar-refractivity contribution is 7.92. The molecular weight excluding hydrogens is 356 g/mol. The highest BCUT2D eigenvalue weighted by Gasteiger charge is 2.17. The van der Waals surface area contributed by atoms with Crippen molar-refractivity contribution in [2.45, 2.75) is 11.8 Å². The van der Waals surface area contributed by atoms with Gasteiger partial charge in [-0.05, 0) is 36.6 Å². The fourth-order valence-electron chi connectivity index (χ4n) is 3.03. The van der Waals surface area contributed by atoms with Gasteiger partial charge in [-0.3, -0.25) is 9.71 Å². The molecule has 4 rings (SSSR count). The maximum Gasteiger partial charge on any atom is 0.261 e. The molecule has 0 bridgehead atoms. The van der Waals surface area contributed by atoms with Gasteiger partial charge in [0.1, 0.15) is 0 Å². The Morgan fingerprint density at radius 3 is 2.33 bits per heavy atom. The number of pyridine rings is 1. The number of para-hydroxylation sites is 1. The second kappa shape index (κ2) is 6.85. The van der Waals surface area contributed by atoms with Crippen molar-refractivity contribution in [2.75, 3.05) is 4.72 Å². The summed E-state index contributed by atoms with van der Waals surface area (Å²) < 4.78 is 28.4. The zero-order valence-corrected chi connectivity index (χ0v) is 15.6. The largest absolute Gasteiger partial charge is 0.279 e. The van der Waals surface area contributed by atoms with Crippen LogP contribution in [-0.4, -0.2) is 13.4 Å². The number of benzene rings is 3. The van der Waals surface area contributed by atoms with Crippen molar-refractivity contribution in [1.29, 1.82) is 0 Å². The van der Waals surface area contributed by atoms with Gasteiger partial charge in [-0.15, -0.1) is 0 Å². The van der Waals surface area contributed by atoms with Crippen LogP contribution < -0.4 is 4.72 Å². The van der Waals surface area contributed by atoms with E-state index in [0.29, 0.717) is 5.69 Å². The summed E-state index contributed by atoms with van der Waals surface area (Å²) in [5.41, 5.74) is 3.00. The topological polar surface area (TPSA) is 59.1 Å². The Morgan fingerprint density at radius 1 is 0.815 bits per heavy atom. The molecule has 0 aliphatic heterocycles. The Balaban J connectivity index is 1.81. The van der Waals surface area contributed by atoms with Gasteiger partial charge in [0, 0.05) is 17.1 Å². The number of hydrogen-bond donors (Lipinski definition) is 1. The lowest BCUT2D eigenvalue weighted by atomic mass is 10.0. The minimum Gasteiger partial charge on any atom is -0.279 e. The van der Waals surface area contributed by atoms with Crippen LogP contribution in [0.2, 0.25) is 0 Å². The Hall–Kier alpha value is -3.18. The van der Waals surface area contributed by atoms with Crippen LogP contribution in [0.5, 0.6) is 0 Å². The first kappa shape index (κ1) is 17.2. The average Bonchev–Trinajstić information content (AvgIpc) is 2.68. The van der Waals surface area contributed by atoms with Crippen LogP contribution in [0.1, 0.15) is 5.56 Å². The number of aryl methyl sites for hydroxylation is 1. The molecular formula is C22H18N2O2S. The molecule has 0 amide bonds. The lowest BCUT2D eigenvalue weighted by Crippen LogP contribution is -2.13. The van der Waals surface area contributed by atoms with E-state index in [1.807, 2.05) is 55.5 Å². The third kappa shape index (κ3) is 3.41. The number of nitrogens with one attached hydrogen (secondary N) is 1. The lowest BCUT2D eigenvalue weighted by Gasteiger charge is -2.14. The molecule has 0 atom stereocenters. The summed E-state index contributed by atoms with van der Waals surface area (Å²) in [6, 6.07) is 24.0. The minimum atomic E-state index is -3.69. The Bertz CT molecular complexity index is 1210. The third-order valence-corrected chi connectivity index (χ3v) is 5.81. The summed E-state index contributed by atoms with van der Waals surface area (Å²) in [6.07, 6.45) is 1.74. The smallest absolute Gasteiger partial charge is 0.261 e. The first-order valence-corrected chi connectivity index (χ1v) is 10.1. The molecule has 1 aromatic heterocycles. The van der Waals surface area contributed by atoms with E-state index in [-0.39, 0.29) is 4.90 Å². The van der Waals surface area contributed by atoms with Crippen LogP contribution in [-0.2, 0) is 10.0 Å². The summed E-state index contributed by atoms with van der Waals surface area (Å²) >= 11 is 0. The number of fused-ring (bicyclic) bond motifs is 1. The molecule has 0 saturated heterocycles. The maximum atomic E-state index is 12.8. The Kier molecular flexibility index (Phi) is 4.38. The van der Waals surface area contributed by atoms with E-state index in [2.05, 4.69) is 9.71 Å². The van der Waals surface area contributed by atoms with Gasteiger partial charge in [-0.2, -0.15) is 0 Å². The van der Waals surface area contributed by atoms with Gasteiger partial charge in [-0.25, -0.2) is 8.42 Å². The van der Waals surface area contributed by atoms with Crippen molar-refractivity contribution in [3.05, 3.63) is 90.6 Å². The second-order valence-corrected chi connectivity index (χ2v) is 8.03. The fourth-order valence-corrected chi connectivity index (χ4v) is 4.11. The Labute approximate surface area is 158 Å². The molecule has 4 aromatic rings. The normalized spacial score (nSPS) is 11.4. The van der Waals surface area contributed by atoms with Crippen molar-refractivity contribution < 1.29 is 8.42 Å². The van der Waals surface area contributed by atoms with E-state index in [9.17, 15) is 8.42 Å². The molecule has 3 aromatic carbocycles. The molecule has 1 heterocycles. The molecule has 1 N–H and O–H groups in total. The van der Waals surface area contributed by atoms with Gasteiger partial charge in [0.2, 0.25) is 0 Å². The molecule has 0 unspecified atom stereocenters. The van der Waals surface area contributed by atoms with E-state index in [1.165, 1.54) is 0 Å². The van der Waals surface area contributed by atoms with Crippen molar-refractivity contribution in [2.24, 2.45) is 0 Å². The van der Waals surface area contributed by atoms with E-state index in [1.54, 1.807) is 36.5 Å². The standard InChI is InChI=1S/C22H18N2O2S/c1-16-10-12-18(13-11-16)27(25,26)24-21-9-5-4-8-20(21)22-19-7-3-2-6-17(19)14-15-23-22/h2-15,24H,1H3. The third-order valence-electron chi connectivity index (χ3n) is 4.43. The van der Waals surface area contributed by atoms with Gasteiger partial charge in [-0.1, -0.05) is 60.2 Å². The second-order valence-electron chi connectivity index (χ2n) is 6.34. The van der Waals surface area contributed by atoms with Crippen LogP contribution in [0.25, 0.3) is 22.0 Å². The van der Waals surface area contributed by atoms with Gasteiger partial charge in [0.15, 0.2) is 0 Å². The predicted octanol–water partition coefficient (Wildman–Crippen LogP) is 5.01. The maximum absolute atomic E-state index is 12.8. The fraction of sp³-hybridized carbons (Fsp3) is 0.0455. The molecule has 5 heteroatoms. The van der Waals surface area contributed by atoms with Crippen LogP contribution in [0, 0.1) is 6.92 Å². The number of nitrogens with zero attached hydrogens (tertiary/aromatic N) is 1. The van der Waals surface area contributed by atoms with Crippen molar-refractivity contribution >= 4 is 26.5 Å². The average molecular weight is 374 g/mol. The van der Waals surface area contributed by atoms with Crippen LogP contribution in [0.3, 0.4) is 0 Å². The Morgan fingerprint density at radius 2 is 1.52 bits per heavy atom. The molecule has 4 nitrogen and oxygen atoms in total. The van der Waals surface area contributed by atoms with Crippen LogP contribution >= 0.6 is 0 Å². The molecule has 0 aliphatic carbocycles. The minimum absolute atomic E-state index is 0.230. The summed E-state index contributed by atoms with van der Waals surface area (Å²) in [5.74, 6) is 0. The molecule has 0 saturated carbocycles. The predicted molar refractivity (Wildman–Crippen MR) is 109 cm³/mol. The van der Waals surface area contributed by atoms with Crippen LogP contribution in [0.4, 0.5) is 5.69 Å². The molecule has 0 fully saturated rings. The summed E-state index contributed by atoms with van der Waals surface area (Å²) in [6.45, 7) is 1.92. The highest BCUT2D eigenvalue weighted by Crippen LogP contribution is 2.33. The van der Waals surface area contributed by atoms with Crippen LogP contribution in [0.15, 0.2) is 90.0 Å². The zero-order chi connectivity index (χ0) is 18.9. The molecule has 0 radical (unpaired) electrons. The summed E-state index contributed by atoms with van der Waals surface area (Å²) in [5, 5.41) is 2.03. The van der Waals surface area contributed by atoms with Gasteiger partial charge in [0.25, 0.3) is 10.0 Å².